The normalized spacial score (nSPS) is 10.4. The zero-order chi connectivity index (χ0) is 25.4. The van der Waals surface area contributed by atoms with E-state index in [1.54, 1.807) is 43.0 Å². The van der Waals surface area contributed by atoms with Gasteiger partial charge in [-0.2, -0.15) is 0 Å². The maximum absolute atomic E-state index is 12.6. The SMILES string of the molecule is COC(=O)c1ccc(C(=O)OC)c(NC(=O)CSc2nnc(COc3ccc(OC)cc3)n2C)c1. The number of benzene rings is 2. The standard InChI is InChI=1S/C23H24N4O7S/c1-27-19(12-34-16-8-6-15(31-2)7-9-16)25-26-23(27)35-13-20(28)24-18-11-14(21(29)32-3)5-10-17(18)22(30)33-4/h5-11H,12-13H2,1-4H3,(H,24,28). The van der Waals surface area contributed by atoms with Crippen LogP contribution in [0.4, 0.5) is 5.69 Å². The third kappa shape index (κ3) is 6.51. The monoisotopic (exact) mass is 500 g/mol. The smallest absolute Gasteiger partial charge is 0.339 e. The maximum Gasteiger partial charge on any atom is 0.339 e. The van der Waals surface area contributed by atoms with E-state index >= 15 is 0 Å². The number of ether oxygens (including phenoxy) is 4. The van der Waals surface area contributed by atoms with E-state index in [1.807, 2.05) is 0 Å². The Morgan fingerprint density at radius 2 is 1.63 bits per heavy atom. The number of anilines is 1. The molecule has 0 fully saturated rings. The third-order valence-corrected chi connectivity index (χ3v) is 5.83. The molecule has 0 saturated carbocycles. The predicted octanol–water partition coefficient (Wildman–Crippen LogP) is 2.71. The van der Waals surface area contributed by atoms with Gasteiger partial charge in [0.1, 0.15) is 18.1 Å². The first-order valence-corrected chi connectivity index (χ1v) is 11.2. The zero-order valence-corrected chi connectivity index (χ0v) is 20.4. The van der Waals surface area contributed by atoms with Crippen LogP contribution in [-0.2, 0) is 27.9 Å². The minimum atomic E-state index is -0.654. The summed E-state index contributed by atoms with van der Waals surface area (Å²) in [6, 6.07) is 11.3. The number of rotatable bonds is 10. The van der Waals surface area contributed by atoms with Crippen LogP contribution in [-0.4, -0.2) is 59.7 Å². The van der Waals surface area contributed by atoms with E-state index in [-0.39, 0.29) is 29.2 Å². The average molecular weight is 501 g/mol. The van der Waals surface area contributed by atoms with E-state index in [2.05, 4.69) is 15.5 Å². The second-order valence-corrected chi connectivity index (χ2v) is 7.94. The molecule has 0 saturated heterocycles. The third-order valence-electron chi connectivity index (χ3n) is 4.80. The summed E-state index contributed by atoms with van der Waals surface area (Å²) >= 11 is 1.15. The highest BCUT2D eigenvalue weighted by atomic mass is 32.2. The fourth-order valence-electron chi connectivity index (χ4n) is 2.91. The van der Waals surface area contributed by atoms with Crippen molar-refractivity contribution in [1.29, 1.82) is 0 Å². The molecule has 35 heavy (non-hydrogen) atoms. The molecule has 0 aliphatic rings. The Balaban J connectivity index is 1.62. The van der Waals surface area contributed by atoms with E-state index in [1.165, 1.54) is 32.4 Å². The van der Waals surface area contributed by atoms with Crippen LogP contribution < -0.4 is 14.8 Å². The van der Waals surface area contributed by atoms with Crippen LogP contribution in [0.1, 0.15) is 26.5 Å². The molecule has 1 amide bonds. The van der Waals surface area contributed by atoms with Gasteiger partial charge in [-0.1, -0.05) is 11.8 Å². The summed E-state index contributed by atoms with van der Waals surface area (Å²) in [6.45, 7) is 0.186. The van der Waals surface area contributed by atoms with E-state index in [0.29, 0.717) is 16.7 Å². The number of nitrogens with zero attached hydrogens (tertiary/aromatic N) is 3. The summed E-state index contributed by atoms with van der Waals surface area (Å²) in [5, 5.41) is 11.4. The summed E-state index contributed by atoms with van der Waals surface area (Å²) < 4.78 is 22.0. The molecule has 0 unspecified atom stereocenters. The van der Waals surface area contributed by atoms with Crippen molar-refractivity contribution in [2.75, 3.05) is 32.4 Å². The Labute approximate surface area is 205 Å². The second kappa shape index (κ2) is 11.9. The number of hydrogen-bond donors (Lipinski definition) is 1. The van der Waals surface area contributed by atoms with Crippen LogP contribution in [0.15, 0.2) is 47.6 Å². The maximum atomic E-state index is 12.6. The summed E-state index contributed by atoms with van der Waals surface area (Å²) in [5.41, 5.74) is 0.421. The van der Waals surface area contributed by atoms with E-state index in [4.69, 9.17) is 18.9 Å². The Morgan fingerprint density at radius 1 is 0.943 bits per heavy atom. The van der Waals surface area contributed by atoms with Gasteiger partial charge in [0.2, 0.25) is 5.91 Å². The lowest BCUT2D eigenvalue weighted by molar-refractivity contribution is -0.113. The summed E-state index contributed by atoms with van der Waals surface area (Å²) in [6.07, 6.45) is 0. The van der Waals surface area contributed by atoms with Crippen molar-refractivity contribution in [3.05, 3.63) is 59.4 Å². The minimum absolute atomic E-state index is 0.0195. The Hall–Kier alpha value is -4.06. The van der Waals surface area contributed by atoms with Gasteiger partial charge in [-0.25, -0.2) is 9.59 Å². The number of carbonyl (C=O) groups is 3. The molecule has 0 bridgehead atoms. The van der Waals surface area contributed by atoms with E-state index in [0.717, 1.165) is 17.5 Å². The van der Waals surface area contributed by atoms with Crippen molar-refractivity contribution >= 4 is 35.3 Å². The highest BCUT2D eigenvalue weighted by Crippen LogP contribution is 2.22. The lowest BCUT2D eigenvalue weighted by Crippen LogP contribution is -2.18. The summed E-state index contributed by atoms with van der Waals surface area (Å²) in [4.78, 5) is 36.5. The van der Waals surface area contributed by atoms with Gasteiger partial charge in [0.15, 0.2) is 11.0 Å². The molecule has 3 rings (SSSR count). The Bertz CT molecular complexity index is 1210. The topological polar surface area (TPSA) is 131 Å². The molecule has 1 N–H and O–H groups in total. The van der Waals surface area contributed by atoms with Gasteiger partial charge in [0, 0.05) is 7.05 Å². The van der Waals surface area contributed by atoms with Crippen LogP contribution in [0.3, 0.4) is 0 Å². The van der Waals surface area contributed by atoms with E-state index in [9.17, 15) is 14.4 Å². The van der Waals surface area contributed by atoms with Crippen molar-refractivity contribution in [3.8, 4) is 11.5 Å². The number of amides is 1. The van der Waals surface area contributed by atoms with Crippen molar-refractivity contribution in [3.63, 3.8) is 0 Å². The van der Waals surface area contributed by atoms with Gasteiger partial charge in [-0.15, -0.1) is 10.2 Å². The molecule has 1 aromatic heterocycles. The van der Waals surface area contributed by atoms with Crippen LogP contribution in [0.2, 0.25) is 0 Å². The van der Waals surface area contributed by atoms with Gasteiger partial charge in [0.05, 0.1) is 43.9 Å². The van der Waals surface area contributed by atoms with Gasteiger partial charge in [-0.05, 0) is 42.5 Å². The van der Waals surface area contributed by atoms with Crippen LogP contribution in [0, 0.1) is 0 Å². The number of nitrogens with one attached hydrogen (secondary N) is 1. The van der Waals surface area contributed by atoms with Crippen molar-refractivity contribution in [2.24, 2.45) is 7.05 Å². The van der Waals surface area contributed by atoms with Crippen molar-refractivity contribution < 1.29 is 33.3 Å². The predicted molar refractivity (Wildman–Crippen MR) is 127 cm³/mol. The average Bonchev–Trinajstić information content (AvgIpc) is 3.24. The Kier molecular flexibility index (Phi) is 8.68. The zero-order valence-electron chi connectivity index (χ0n) is 19.6. The largest absolute Gasteiger partial charge is 0.497 e. The lowest BCUT2D eigenvalue weighted by Gasteiger charge is -2.11. The van der Waals surface area contributed by atoms with Crippen LogP contribution in [0.25, 0.3) is 0 Å². The lowest BCUT2D eigenvalue weighted by atomic mass is 10.1. The summed E-state index contributed by atoms with van der Waals surface area (Å²) in [5.74, 6) is 0.258. The molecule has 0 radical (unpaired) electrons. The molecular formula is C23H24N4O7S. The molecule has 0 atom stereocenters. The molecule has 12 heteroatoms. The van der Waals surface area contributed by atoms with Crippen molar-refractivity contribution in [1.82, 2.24) is 14.8 Å². The molecule has 0 aliphatic carbocycles. The fourth-order valence-corrected chi connectivity index (χ4v) is 3.64. The minimum Gasteiger partial charge on any atom is -0.497 e. The molecule has 184 valence electrons. The molecule has 2 aromatic carbocycles. The number of hydrogen-bond acceptors (Lipinski definition) is 10. The highest BCUT2D eigenvalue weighted by Gasteiger charge is 2.18. The molecule has 0 aliphatic heterocycles. The van der Waals surface area contributed by atoms with Crippen molar-refractivity contribution in [2.45, 2.75) is 11.8 Å². The van der Waals surface area contributed by atoms with Gasteiger partial charge < -0.3 is 28.8 Å². The molecule has 11 nitrogen and oxygen atoms in total. The first-order chi connectivity index (χ1) is 16.9. The number of esters is 2. The molecule has 3 aromatic rings. The molecule has 0 spiro atoms. The number of thioether (sulfide) groups is 1. The van der Waals surface area contributed by atoms with Gasteiger partial charge >= 0.3 is 11.9 Å². The Morgan fingerprint density at radius 3 is 2.29 bits per heavy atom. The molecular weight excluding hydrogens is 476 g/mol. The highest BCUT2D eigenvalue weighted by molar-refractivity contribution is 7.99. The quantitative estimate of drug-likeness (QED) is 0.327. The number of aromatic nitrogens is 3. The number of methoxy groups -OCH3 is 3. The number of carbonyl (C=O) groups excluding carboxylic acids is 3. The van der Waals surface area contributed by atoms with Crippen LogP contribution in [0.5, 0.6) is 11.5 Å². The fraction of sp³-hybridized carbons (Fsp3) is 0.261. The van der Waals surface area contributed by atoms with Crippen LogP contribution >= 0.6 is 11.8 Å². The van der Waals surface area contributed by atoms with Gasteiger partial charge in [0.25, 0.3) is 0 Å². The first kappa shape index (κ1) is 25.6. The summed E-state index contributed by atoms with van der Waals surface area (Å²) in [7, 11) is 5.82. The van der Waals surface area contributed by atoms with Gasteiger partial charge in [-0.3, -0.25) is 4.79 Å². The van der Waals surface area contributed by atoms with E-state index < -0.39 is 17.8 Å². The second-order valence-electron chi connectivity index (χ2n) is 7.00. The first-order valence-electron chi connectivity index (χ1n) is 10.2. The molecule has 1 heterocycles.